The summed E-state index contributed by atoms with van der Waals surface area (Å²) in [4.78, 5) is 2.67. The molecule has 0 spiro atoms. The molecule has 0 aliphatic heterocycles. The number of anilines is 1. The Kier molecular flexibility index (Phi) is 5.35. The second kappa shape index (κ2) is 6.83. The smallest absolute Gasteiger partial charge is 0.156 e. The number of nitrogens with one attached hydrogen (secondary N) is 1. The zero-order chi connectivity index (χ0) is 14.7. The third-order valence-corrected chi connectivity index (χ3v) is 4.73. The third kappa shape index (κ3) is 3.68. The van der Waals surface area contributed by atoms with Crippen LogP contribution in [0.5, 0.6) is 5.75 Å². The van der Waals surface area contributed by atoms with Gasteiger partial charge in [0.05, 0.1) is 16.8 Å². The van der Waals surface area contributed by atoms with Gasteiger partial charge in [-0.25, -0.2) is 0 Å². The predicted molar refractivity (Wildman–Crippen MR) is 91.4 cm³/mol. The topological polar surface area (TPSA) is 21.3 Å². The quantitative estimate of drug-likeness (QED) is 0.715. The first-order valence-corrected chi connectivity index (χ1v) is 8.41. The van der Waals surface area contributed by atoms with Crippen molar-refractivity contribution in [3.8, 4) is 5.75 Å². The van der Waals surface area contributed by atoms with Crippen LogP contribution >= 0.6 is 38.9 Å². The van der Waals surface area contributed by atoms with Gasteiger partial charge in [0.2, 0.25) is 0 Å². The fraction of sp³-hybridized carbons (Fsp3) is 0.333. The maximum absolute atomic E-state index is 6.12. The number of ether oxygens (including phenoxy) is 1. The van der Waals surface area contributed by atoms with Crippen LogP contribution in [-0.2, 0) is 6.54 Å². The summed E-state index contributed by atoms with van der Waals surface area (Å²) in [5.74, 6) is 0.807. The Bertz CT molecular complexity index is 612. The van der Waals surface area contributed by atoms with Crippen molar-refractivity contribution in [3.05, 3.63) is 43.0 Å². The number of hydrogen-bond donors (Lipinski definition) is 1. The van der Waals surface area contributed by atoms with Crippen LogP contribution in [0.1, 0.15) is 22.2 Å². The molecule has 1 aromatic carbocycles. The molecular formula is C15H17BrClNOS. The fourth-order valence-electron chi connectivity index (χ4n) is 2.03. The highest BCUT2D eigenvalue weighted by Gasteiger charge is 2.11. The molecule has 5 heteroatoms. The molecule has 1 aromatic heterocycles. The van der Waals surface area contributed by atoms with Gasteiger partial charge in [-0.05, 0) is 60.5 Å². The van der Waals surface area contributed by atoms with Gasteiger partial charge in [-0.2, -0.15) is 0 Å². The number of benzene rings is 1. The molecule has 2 nitrogen and oxygen atoms in total. The minimum Gasteiger partial charge on any atom is -0.491 e. The molecule has 2 aromatic rings. The van der Waals surface area contributed by atoms with Crippen LogP contribution in [0.15, 0.2) is 22.7 Å². The minimum atomic E-state index is 0.617. The lowest BCUT2D eigenvalue weighted by Crippen LogP contribution is -2.03. The molecule has 0 amide bonds. The summed E-state index contributed by atoms with van der Waals surface area (Å²) in [7, 11) is 0. The van der Waals surface area contributed by atoms with Crippen molar-refractivity contribution in [1.29, 1.82) is 0 Å². The van der Waals surface area contributed by atoms with Crippen molar-refractivity contribution in [1.82, 2.24) is 0 Å². The highest BCUT2D eigenvalue weighted by atomic mass is 79.9. The van der Waals surface area contributed by atoms with E-state index >= 15 is 0 Å². The molecule has 0 aliphatic rings. The standard InChI is InChI=1S/C15H17BrClNOS/c1-4-19-15-13(16)6-12(17)7-14(15)18-8-11-5-9(2)20-10(11)3/h5-7,18H,4,8H2,1-3H3. The Morgan fingerprint density at radius 1 is 1.30 bits per heavy atom. The molecule has 0 bridgehead atoms. The van der Waals surface area contributed by atoms with E-state index in [4.69, 9.17) is 16.3 Å². The number of aryl methyl sites for hydroxylation is 2. The first kappa shape index (κ1) is 15.7. The van der Waals surface area contributed by atoms with Crippen LogP contribution in [0.4, 0.5) is 5.69 Å². The van der Waals surface area contributed by atoms with Gasteiger partial charge >= 0.3 is 0 Å². The summed E-state index contributed by atoms with van der Waals surface area (Å²) in [6.45, 7) is 7.63. The number of rotatable bonds is 5. The van der Waals surface area contributed by atoms with Crippen LogP contribution in [0.3, 0.4) is 0 Å². The summed E-state index contributed by atoms with van der Waals surface area (Å²) in [5, 5.41) is 4.10. The van der Waals surface area contributed by atoms with Gasteiger partial charge in [-0.15, -0.1) is 11.3 Å². The molecule has 0 radical (unpaired) electrons. The SMILES string of the molecule is CCOc1c(Br)cc(Cl)cc1NCc1cc(C)sc1C. The van der Waals surface area contributed by atoms with E-state index in [1.54, 1.807) is 0 Å². The first-order chi connectivity index (χ1) is 9.51. The molecular weight excluding hydrogens is 358 g/mol. The maximum atomic E-state index is 6.12. The summed E-state index contributed by atoms with van der Waals surface area (Å²) >= 11 is 11.4. The van der Waals surface area contributed by atoms with Gasteiger partial charge in [-0.1, -0.05) is 11.6 Å². The second-order valence-corrected chi connectivity index (χ2v) is 7.24. The van der Waals surface area contributed by atoms with Crippen molar-refractivity contribution in [2.45, 2.75) is 27.3 Å². The number of thiophene rings is 1. The lowest BCUT2D eigenvalue weighted by Gasteiger charge is -2.14. The van der Waals surface area contributed by atoms with Crippen LogP contribution in [-0.4, -0.2) is 6.61 Å². The lowest BCUT2D eigenvalue weighted by molar-refractivity contribution is 0.339. The van der Waals surface area contributed by atoms with Gasteiger partial charge < -0.3 is 10.1 Å². The monoisotopic (exact) mass is 373 g/mol. The largest absolute Gasteiger partial charge is 0.491 e. The molecule has 0 aliphatic carbocycles. The molecule has 108 valence electrons. The molecule has 0 unspecified atom stereocenters. The summed E-state index contributed by atoms with van der Waals surface area (Å²) in [5.41, 5.74) is 2.22. The van der Waals surface area contributed by atoms with Crippen molar-refractivity contribution in [2.24, 2.45) is 0 Å². The van der Waals surface area contributed by atoms with Crippen molar-refractivity contribution < 1.29 is 4.74 Å². The fourth-order valence-corrected chi connectivity index (χ4v) is 3.90. The van der Waals surface area contributed by atoms with Gasteiger partial charge in [0.25, 0.3) is 0 Å². The van der Waals surface area contributed by atoms with Gasteiger partial charge in [-0.3, -0.25) is 0 Å². The molecule has 1 N–H and O–H groups in total. The van der Waals surface area contributed by atoms with E-state index in [1.807, 2.05) is 30.4 Å². The average Bonchev–Trinajstić information content (AvgIpc) is 2.69. The summed E-state index contributed by atoms with van der Waals surface area (Å²) < 4.78 is 6.55. The van der Waals surface area contributed by atoms with Crippen molar-refractivity contribution in [3.63, 3.8) is 0 Å². The Morgan fingerprint density at radius 2 is 2.05 bits per heavy atom. The van der Waals surface area contributed by atoms with E-state index in [0.717, 1.165) is 22.5 Å². The van der Waals surface area contributed by atoms with Crippen molar-refractivity contribution >= 4 is 44.6 Å². The van der Waals surface area contributed by atoms with Crippen LogP contribution in [0.25, 0.3) is 0 Å². The number of halogens is 2. The normalized spacial score (nSPS) is 10.7. The molecule has 0 saturated carbocycles. The van der Waals surface area contributed by atoms with Crippen LogP contribution < -0.4 is 10.1 Å². The van der Waals surface area contributed by atoms with Crippen LogP contribution in [0, 0.1) is 13.8 Å². The third-order valence-electron chi connectivity index (χ3n) is 2.91. The Morgan fingerprint density at radius 3 is 2.65 bits per heavy atom. The van der Waals surface area contributed by atoms with E-state index in [2.05, 4.69) is 41.2 Å². The summed E-state index contributed by atoms with van der Waals surface area (Å²) in [6, 6.07) is 5.95. The zero-order valence-electron chi connectivity index (χ0n) is 11.7. The van der Waals surface area contributed by atoms with E-state index in [0.29, 0.717) is 11.6 Å². The Hall–Kier alpha value is -0.710. The molecule has 20 heavy (non-hydrogen) atoms. The van der Waals surface area contributed by atoms with Gasteiger partial charge in [0.15, 0.2) is 5.75 Å². The molecule has 0 atom stereocenters. The second-order valence-electron chi connectivity index (χ2n) is 4.49. The first-order valence-electron chi connectivity index (χ1n) is 6.43. The maximum Gasteiger partial charge on any atom is 0.156 e. The Labute approximate surface area is 137 Å². The average molecular weight is 375 g/mol. The van der Waals surface area contributed by atoms with Gasteiger partial charge in [0, 0.05) is 21.3 Å². The number of hydrogen-bond acceptors (Lipinski definition) is 3. The lowest BCUT2D eigenvalue weighted by atomic mass is 10.2. The highest BCUT2D eigenvalue weighted by Crippen LogP contribution is 2.37. The van der Waals surface area contributed by atoms with E-state index in [1.165, 1.54) is 15.3 Å². The van der Waals surface area contributed by atoms with Crippen LogP contribution in [0.2, 0.25) is 5.02 Å². The minimum absolute atomic E-state index is 0.617. The summed E-state index contributed by atoms with van der Waals surface area (Å²) in [6.07, 6.45) is 0. The van der Waals surface area contributed by atoms with E-state index < -0.39 is 0 Å². The van der Waals surface area contributed by atoms with Gasteiger partial charge in [0.1, 0.15) is 0 Å². The molecule has 0 fully saturated rings. The molecule has 1 heterocycles. The van der Waals surface area contributed by atoms with E-state index in [9.17, 15) is 0 Å². The predicted octanol–water partition coefficient (Wildman–Crippen LogP) is 5.79. The Balaban J connectivity index is 2.22. The van der Waals surface area contributed by atoms with E-state index in [-0.39, 0.29) is 0 Å². The zero-order valence-corrected chi connectivity index (χ0v) is 14.9. The van der Waals surface area contributed by atoms with Crippen molar-refractivity contribution in [2.75, 3.05) is 11.9 Å². The highest BCUT2D eigenvalue weighted by molar-refractivity contribution is 9.10. The molecule has 0 saturated heterocycles. The molecule has 2 rings (SSSR count).